The fraction of sp³-hybridized carbons (Fsp3) is 0.421. The Hall–Kier alpha value is -1.82. The van der Waals surface area contributed by atoms with Crippen LogP contribution in [0, 0.1) is 6.92 Å². The normalized spacial score (nSPS) is 16.7. The van der Waals surface area contributed by atoms with E-state index in [1.54, 1.807) is 0 Å². The number of piperazine rings is 1. The minimum atomic E-state index is -0.516. The third-order valence-corrected chi connectivity index (χ3v) is 4.81. The average molecular weight is 362 g/mol. The lowest BCUT2D eigenvalue weighted by molar-refractivity contribution is 0.0662. The fourth-order valence-corrected chi connectivity index (χ4v) is 3.07. The van der Waals surface area contributed by atoms with Crippen LogP contribution < -0.4 is 9.64 Å². The van der Waals surface area contributed by atoms with Crippen molar-refractivity contribution >= 4 is 17.4 Å². The summed E-state index contributed by atoms with van der Waals surface area (Å²) in [5, 5.41) is 11.0. The lowest BCUT2D eigenvalue weighted by Gasteiger charge is -2.36. The summed E-state index contributed by atoms with van der Waals surface area (Å²) < 4.78 is 5.68. The van der Waals surface area contributed by atoms with E-state index in [0.29, 0.717) is 6.54 Å². The van der Waals surface area contributed by atoms with Crippen molar-refractivity contribution < 1.29 is 9.84 Å². The molecular weight excluding hydrogens is 338 g/mol. The maximum Gasteiger partial charge on any atom is 0.128 e. The molecule has 0 aliphatic carbocycles. The Morgan fingerprint density at radius 2 is 2.00 bits per heavy atom. The zero-order chi connectivity index (χ0) is 17.6. The number of benzene rings is 1. The van der Waals surface area contributed by atoms with Gasteiger partial charge in [-0.1, -0.05) is 17.7 Å². The summed E-state index contributed by atoms with van der Waals surface area (Å²) in [6, 6.07) is 11.5. The van der Waals surface area contributed by atoms with Crippen LogP contribution in [-0.2, 0) is 0 Å². The molecule has 134 valence electrons. The van der Waals surface area contributed by atoms with Gasteiger partial charge in [-0.2, -0.15) is 0 Å². The SMILES string of the molecule is Cc1cc(OC[C@@H](O)CN2CCN(c3ccccn3)CC2)ccc1Cl. The van der Waals surface area contributed by atoms with Gasteiger partial charge in [-0.25, -0.2) is 4.98 Å². The predicted octanol–water partition coefficient (Wildman–Crippen LogP) is 2.61. The molecule has 1 saturated heterocycles. The highest BCUT2D eigenvalue weighted by Gasteiger charge is 2.20. The fourth-order valence-electron chi connectivity index (χ4n) is 2.95. The monoisotopic (exact) mass is 361 g/mol. The number of anilines is 1. The van der Waals surface area contributed by atoms with Crippen molar-refractivity contribution in [3.8, 4) is 5.75 Å². The number of rotatable bonds is 6. The lowest BCUT2D eigenvalue weighted by Crippen LogP contribution is -2.49. The number of aryl methyl sites for hydroxylation is 1. The van der Waals surface area contributed by atoms with Gasteiger partial charge in [0.2, 0.25) is 0 Å². The lowest BCUT2D eigenvalue weighted by atomic mass is 10.2. The molecule has 1 atom stereocenters. The van der Waals surface area contributed by atoms with Crippen molar-refractivity contribution in [1.82, 2.24) is 9.88 Å². The summed E-state index contributed by atoms with van der Waals surface area (Å²) in [6.45, 7) is 6.49. The second kappa shape index (κ2) is 8.52. The van der Waals surface area contributed by atoms with Crippen molar-refractivity contribution in [2.24, 2.45) is 0 Å². The molecule has 1 aromatic carbocycles. The van der Waals surface area contributed by atoms with Crippen LogP contribution in [0.1, 0.15) is 5.56 Å². The number of hydrogen-bond acceptors (Lipinski definition) is 5. The first kappa shape index (κ1) is 18.0. The molecule has 0 radical (unpaired) electrons. The van der Waals surface area contributed by atoms with Gasteiger partial charge in [-0.15, -0.1) is 0 Å². The highest BCUT2D eigenvalue weighted by Crippen LogP contribution is 2.21. The maximum atomic E-state index is 10.3. The van der Waals surface area contributed by atoms with Crippen LogP contribution >= 0.6 is 11.6 Å². The highest BCUT2D eigenvalue weighted by atomic mass is 35.5. The van der Waals surface area contributed by atoms with E-state index >= 15 is 0 Å². The quantitative estimate of drug-likeness (QED) is 0.857. The van der Waals surface area contributed by atoms with E-state index in [4.69, 9.17) is 16.3 Å². The third-order valence-electron chi connectivity index (χ3n) is 4.39. The van der Waals surface area contributed by atoms with Gasteiger partial charge >= 0.3 is 0 Å². The Morgan fingerprint density at radius 1 is 1.20 bits per heavy atom. The second-order valence-electron chi connectivity index (χ2n) is 6.35. The minimum Gasteiger partial charge on any atom is -0.491 e. The van der Waals surface area contributed by atoms with E-state index in [-0.39, 0.29) is 6.61 Å². The first-order valence-electron chi connectivity index (χ1n) is 8.57. The number of nitrogens with zero attached hydrogens (tertiary/aromatic N) is 3. The Kier molecular flexibility index (Phi) is 6.13. The molecule has 0 bridgehead atoms. The van der Waals surface area contributed by atoms with E-state index in [2.05, 4.69) is 14.8 Å². The molecule has 3 rings (SSSR count). The molecule has 1 N–H and O–H groups in total. The summed E-state index contributed by atoms with van der Waals surface area (Å²) in [7, 11) is 0. The molecule has 6 heteroatoms. The van der Waals surface area contributed by atoms with Crippen LogP contribution in [0.25, 0.3) is 0 Å². The van der Waals surface area contributed by atoms with Gasteiger partial charge < -0.3 is 14.7 Å². The van der Waals surface area contributed by atoms with Gasteiger partial charge in [0.25, 0.3) is 0 Å². The molecule has 1 aliphatic heterocycles. The third kappa shape index (κ3) is 5.08. The van der Waals surface area contributed by atoms with Crippen molar-refractivity contribution in [1.29, 1.82) is 0 Å². The number of pyridine rings is 1. The van der Waals surface area contributed by atoms with Crippen LogP contribution in [0.15, 0.2) is 42.6 Å². The molecular formula is C19H24ClN3O2. The van der Waals surface area contributed by atoms with Crippen LogP contribution in [0.2, 0.25) is 5.02 Å². The Labute approximate surface area is 153 Å². The number of aliphatic hydroxyl groups is 1. The molecule has 2 heterocycles. The molecule has 1 aliphatic rings. The van der Waals surface area contributed by atoms with Gasteiger partial charge in [0.05, 0.1) is 0 Å². The zero-order valence-corrected chi connectivity index (χ0v) is 15.2. The van der Waals surface area contributed by atoms with E-state index in [0.717, 1.165) is 48.3 Å². The summed E-state index contributed by atoms with van der Waals surface area (Å²) in [4.78, 5) is 8.93. The molecule has 0 amide bonds. The molecule has 0 spiro atoms. The van der Waals surface area contributed by atoms with E-state index in [9.17, 15) is 5.11 Å². The molecule has 1 aromatic heterocycles. The van der Waals surface area contributed by atoms with Gasteiger partial charge in [0.15, 0.2) is 0 Å². The number of β-amino-alcohol motifs (C(OH)–C–C–N with tert-alkyl or cyclic N) is 1. The summed E-state index contributed by atoms with van der Waals surface area (Å²) >= 11 is 6.01. The van der Waals surface area contributed by atoms with Crippen LogP contribution in [0.5, 0.6) is 5.75 Å². The van der Waals surface area contributed by atoms with Crippen molar-refractivity contribution in [2.75, 3.05) is 44.2 Å². The average Bonchev–Trinajstić information content (AvgIpc) is 2.64. The summed E-state index contributed by atoms with van der Waals surface area (Å²) in [6.07, 6.45) is 1.30. The smallest absolute Gasteiger partial charge is 0.128 e. The molecule has 5 nitrogen and oxygen atoms in total. The topological polar surface area (TPSA) is 48.8 Å². The van der Waals surface area contributed by atoms with Gasteiger partial charge in [-0.05, 0) is 42.8 Å². The predicted molar refractivity (Wildman–Crippen MR) is 101 cm³/mol. The summed E-state index contributed by atoms with van der Waals surface area (Å²) in [5.41, 5.74) is 0.972. The van der Waals surface area contributed by atoms with Gasteiger partial charge in [0, 0.05) is 43.9 Å². The number of hydrogen-bond donors (Lipinski definition) is 1. The number of aromatic nitrogens is 1. The second-order valence-corrected chi connectivity index (χ2v) is 6.76. The molecule has 0 saturated carbocycles. The first-order chi connectivity index (χ1) is 12.1. The largest absolute Gasteiger partial charge is 0.491 e. The van der Waals surface area contributed by atoms with Crippen LogP contribution in [0.4, 0.5) is 5.82 Å². The molecule has 2 aromatic rings. The van der Waals surface area contributed by atoms with E-state index in [1.807, 2.05) is 49.5 Å². The van der Waals surface area contributed by atoms with Gasteiger partial charge in [-0.3, -0.25) is 4.90 Å². The van der Waals surface area contributed by atoms with E-state index in [1.165, 1.54) is 0 Å². The van der Waals surface area contributed by atoms with Crippen molar-refractivity contribution in [3.05, 3.63) is 53.2 Å². The van der Waals surface area contributed by atoms with Crippen LogP contribution in [0.3, 0.4) is 0 Å². The molecule has 25 heavy (non-hydrogen) atoms. The summed E-state index contributed by atoms with van der Waals surface area (Å²) in [5.74, 6) is 1.75. The minimum absolute atomic E-state index is 0.279. The maximum absolute atomic E-state index is 10.3. The van der Waals surface area contributed by atoms with Gasteiger partial charge in [0.1, 0.15) is 24.3 Å². The number of aliphatic hydroxyl groups excluding tert-OH is 1. The standard InChI is InChI=1S/C19H24ClN3O2/c1-15-12-17(5-6-18(15)20)25-14-16(24)13-22-8-10-23(11-9-22)19-4-2-3-7-21-19/h2-7,12,16,24H,8-11,13-14H2,1H3/t16-/m0/s1. The first-order valence-corrected chi connectivity index (χ1v) is 8.95. The zero-order valence-electron chi connectivity index (χ0n) is 14.4. The number of ether oxygens (including phenoxy) is 1. The molecule has 1 fully saturated rings. The van der Waals surface area contributed by atoms with Crippen LogP contribution in [-0.4, -0.2) is 60.4 Å². The Balaban J connectivity index is 1.41. The van der Waals surface area contributed by atoms with E-state index < -0.39 is 6.10 Å². The molecule has 0 unspecified atom stereocenters. The van der Waals surface area contributed by atoms with Crippen molar-refractivity contribution in [2.45, 2.75) is 13.0 Å². The van der Waals surface area contributed by atoms with Crippen molar-refractivity contribution in [3.63, 3.8) is 0 Å². The highest BCUT2D eigenvalue weighted by molar-refractivity contribution is 6.31. The Morgan fingerprint density at radius 3 is 2.68 bits per heavy atom. The number of halogens is 1. The Bertz CT molecular complexity index is 676.